The second-order valence-electron chi connectivity index (χ2n) is 12.0. The molecule has 0 spiro atoms. The zero-order valence-electron chi connectivity index (χ0n) is 25.4. The van der Waals surface area contributed by atoms with E-state index in [2.05, 4.69) is 28.1 Å². The molecule has 46 heavy (non-hydrogen) atoms. The van der Waals surface area contributed by atoms with Gasteiger partial charge in [0.2, 0.25) is 10.0 Å². The van der Waals surface area contributed by atoms with E-state index < -0.39 is 15.8 Å². The Labute approximate surface area is 265 Å². The fraction of sp³-hybridized carbons (Fsp3) is 0.194. The van der Waals surface area contributed by atoms with Gasteiger partial charge >= 0.3 is 0 Å². The summed E-state index contributed by atoms with van der Waals surface area (Å²) >= 11 is 0. The number of anilines is 1. The molecule has 232 valence electrons. The highest BCUT2D eigenvalue weighted by Crippen LogP contribution is 2.51. The number of fused-ring (bicyclic) bond motifs is 6. The second-order valence-corrected chi connectivity index (χ2v) is 14.0. The van der Waals surface area contributed by atoms with Crippen LogP contribution in [0.25, 0.3) is 55.6 Å². The maximum Gasteiger partial charge on any atom is 0.255 e. The summed E-state index contributed by atoms with van der Waals surface area (Å²) in [6.07, 6.45) is 3.27. The van der Waals surface area contributed by atoms with E-state index in [1.807, 2.05) is 30.3 Å². The van der Waals surface area contributed by atoms with Gasteiger partial charge in [0, 0.05) is 53.5 Å². The third-order valence-corrected chi connectivity index (χ3v) is 10.2. The summed E-state index contributed by atoms with van der Waals surface area (Å²) in [4.78, 5) is 13.3. The van der Waals surface area contributed by atoms with Gasteiger partial charge in [-0.05, 0) is 73.0 Å². The van der Waals surface area contributed by atoms with E-state index in [-0.39, 0.29) is 23.5 Å². The van der Waals surface area contributed by atoms with Crippen LogP contribution in [0.2, 0.25) is 0 Å². The zero-order chi connectivity index (χ0) is 31.9. The summed E-state index contributed by atoms with van der Waals surface area (Å²) in [6, 6.07) is 25.4. The molecule has 8 rings (SSSR count). The second kappa shape index (κ2) is 10.2. The van der Waals surface area contributed by atoms with E-state index in [1.165, 1.54) is 30.5 Å². The standard InChI is InChI=1S/C36H30FN3O5S/c1-38-35(41)33-27-18-25(29(39(2)46(3,42)43)19-32(27)44-34(33)20-10-13-24(37)14-11-20)22-12-15-31-26(16-22)30-17-23-6-4-5-7-28(23)40(30)36(45-31)21-8-9-21/h4-7,10-19,21,36H,8-9H2,1-3H3,(H,38,41). The predicted octanol–water partition coefficient (Wildman–Crippen LogP) is 7.58. The number of nitrogens with zero attached hydrogens (tertiary/aromatic N) is 2. The molecule has 2 aliphatic rings. The average molecular weight is 636 g/mol. The van der Waals surface area contributed by atoms with Crippen molar-refractivity contribution in [3.8, 4) is 39.5 Å². The van der Waals surface area contributed by atoms with E-state index >= 15 is 0 Å². The molecule has 1 saturated carbocycles. The van der Waals surface area contributed by atoms with Gasteiger partial charge in [-0.2, -0.15) is 0 Å². The number of ether oxygens (including phenoxy) is 1. The molecule has 2 aromatic heterocycles. The first-order chi connectivity index (χ1) is 22.1. The molecule has 4 aromatic carbocycles. The number of halogens is 1. The molecule has 0 saturated heterocycles. The van der Waals surface area contributed by atoms with Crippen LogP contribution in [-0.4, -0.2) is 39.2 Å². The molecule has 1 fully saturated rings. The monoisotopic (exact) mass is 635 g/mol. The molecule has 1 aliphatic heterocycles. The number of benzene rings is 4. The number of furan rings is 1. The number of carbonyl (C=O) groups is 1. The molecule has 0 radical (unpaired) electrons. The summed E-state index contributed by atoms with van der Waals surface area (Å²) < 4.78 is 55.9. The van der Waals surface area contributed by atoms with Gasteiger partial charge in [-0.3, -0.25) is 9.10 Å². The number of carbonyl (C=O) groups excluding carboxylic acids is 1. The van der Waals surface area contributed by atoms with Crippen LogP contribution in [0.15, 0.2) is 89.3 Å². The third-order valence-electron chi connectivity index (χ3n) is 9.05. The molecule has 1 aliphatic carbocycles. The quantitative estimate of drug-likeness (QED) is 0.204. The first-order valence-corrected chi connectivity index (χ1v) is 16.9. The number of hydrogen-bond acceptors (Lipinski definition) is 5. The molecule has 1 atom stereocenters. The minimum Gasteiger partial charge on any atom is -0.469 e. The molecular formula is C36H30FN3O5S. The number of para-hydroxylation sites is 1. The maximum absolute atomic E-state index is 13.8. The van der Waals surface area contributed by atoms with E-state index in [4.69, 9.17) is 9.15 Å². The molecule has 3 heterocycles. The summed E-state index contributed by atoms with van der Waals surface area (Å²) in [5.41, 5.74) is 5.85. The topological polar surface area (TPSA) is 93.8 Å². The Kier molecular flexibility index (Phi) is 6.30. The fourth-order valence-electron chi connectivity index (χ4n) is 6.49. The Bertz CT molecular complexity index is 2320. The lowest BCUT2D eigenvalue weighted by Gasteiger charge is -2.30. The fourth-order valence-corrected chi connectivity index (χ4v) is 6.99. The van der Waals surface area contributed by atoms with Crippen molar-refractivity contribution >= 4 is 43.5 Å². The Hall–Kier alpha value is -5.09. The number of nitrogens with one attached hydrogen (secondary N) is 1. The van der Waals surface area contributed by atoms with Crippen molar-refractivity contribution in [3.63, 3.8) is 0 Å². The van der Waals surface area contributed by atoms with Crippen molar-refractivity contribution in [1.82, 2.24) is 9.88 Å². The molecule has 1 unspecified atom stereocenters. The van der Waals surface area contributed by atoms with Crippen LogP contribution < -0.4 is 14.4 Å². The smallest absolute Gasteiger partial charge is 0.255 e. The number of sulfonamides is 1. The number of hydrogen-bond donors (Lipinski definition) is 1. The Morgan fingerprint density at radius 2 is 1.70 bits per heavy atom. The first-order valence-electron chi connectivity index (χ1n) is 15.1. The lowest BCUT2D eigenvalue weighted by atomic mass is 9.96. The zero-order valence-corrected chi connectivity index (χ0v) is 26.2. The van der Waals surface area contributed by atoms with E-state index in [9.17, 15) is 17.6 Å². The van der Waals surface area contributed by atoms with Crippen molar-refractivity contribution in [2.45, 2.75) is 19.1 Å². The Morgan fingerprint density at radius 1 is 0.957 bits per heavy atom. The van der Waals surface area contributed by atoms with Crippen LogP contribution in [0.3, 0.4) is 0 Å². The van der Waals surface area contributed by atoms with Crippen LogP contribution >= 0.6 is 0 Å². The minimum atomic E-state index is -3.69. The normalized spacial score (nSPS) is 15.8. The Balaban J connectivity index is 1.37. The first kappa shape index (κ1) is 28.4. The lowest BCUT2D eigenvalue weighted by Crippen LogP contribution is -2.25. The molecule has 8 nitrogen and oxygen atoms in total. The van der Waals surface area contributed by atoms with Gasteiger partial charge < -0.3 is 19.0 Å². The maximum atomic E-state index is 13.8. The van der Waals surface area contributed by atoms with Crippen molar-refractivity contribution in [2.24, 2.45) is 5.92 Å². The van der Waals surface area contributed by atoms with Crippen molar-refractivity contribution < 1.29 is 26.8 Å². The van der Waals surface area contributed by atoms with Crippen LogP contribution in [0.4, 0.5) is 10.1 Å². The summed E-state index contributed by atoms with van der Waals surface area (Å²) in [6.45, 7) is 0. The lowest BCUT2D eigenvalue weighted by molar-refractivity contribution is 0.0964. The third kappa shape index (κ3) is 4.47. The molecule has 1 N–H and O–H groups in total. The average Bonchev–Trinajstić information content (AvgIpc) is 3.72. The van der Waals surface area contributed by atoms with Crippen LogP contribution in [0, 0.1) is 11.7 Å². The highest BCUT2D eigenvalue weighted by molar-refractivity contribution is 7.92. The summed E-state index contributed by atoms with van der Waals surface area (Å²) in [5, 5.41) is 4.30. The van der Waals surface area contributed by atoms with Gasteiger partial charge in [0.25, 0.3) is 5.91 Å². The van der Waals surface area contributed by atoms with Gasteiger partial charge in [-0.1, -0.05) is 24.3 Å². The number of aromatic nitrogens is 1. The van der Waals surface area contributed by atoms with E-state index in [0.717, 1.165) is 52.6 Å². The van der Waals surface area contributed by atoms with E-state index in [1.54, 1.807) is 24.3 Å². The number of amides is 1. The van der Waals surface area contributed by atoms with Crippen molar-refractivity contribution in [3.05, 3.63) is 96.3 Å². The van der Waals surface area contributed by atoms with Crippen LogP contribution in [0.1, 0.15) is 29.4 Å². The van der Waals surface area contributed by atoms with Gasteiger partial charge in [0.15, 0.2) is 6.23 Å². The molecule has 10 heteroatoms. The minimum absolute atomic E-state index is 0.0949. The molecule has 6 aromatic rings. The Morgan fingerprint density at radius 3 is 2.41 bits per heavy atom. The van der Waals surface area contributed by atoms with Gasteiger partial charge in [-0.15, -0.1) is 0 Å². The summed E-state index contributed by atoms with van der Waals surface area (Å²) in [5.74, 6) is 0.665. The van der Waals surface area contributed by atoms with Crippen LogP contribution in [0.5, 0.6) is 5.75 Å². The van der Waals surface area contributed by atoms with E-state index in [0.29, 0.717) is 33.7 Å². The highest BCUT2D eigenvalue weighted by atomic mass is 32.2. The summed E-state index contributed by atoms with van der Waals surface area (Å²) in [7, 11) is -0.671. The van der Waals surface area contributed by atoms with Gasteiger partial charge in [0.1, 0.15) is 22.9 Å². The molecule has 0 bridgehead atoms. The number of rotatable bonds is 6. The van der Waals surface area contributed by atoms with Crippen molar-refractivity contribution in [1.29, 1.82) is 0 Å². The molecular weight excluding hydrogens is 605 g/mol. The molecule has 1 amide bonds. The largest absolute Gasteiger partial charge is 0.469 e. The van der Waals surface area contributed by atoms with Crippen molar-refractivity contribution in [2.75, 3.05) is 24.7 Å². The predicted molar refractivity (Wildman–Crippen MR) is 177 cm³/mol. The van der Waals surface area contributed by atoms with Gasteiger partial charge in [0.05, 0.1) is 28.7 Å². The highest BCUT2D eigenvalue weighted by Gasteiger charge is 2.39. The van der Waals surface area contributed by atoms with Crippen LogP contribution in [-0.2, 0) is 10.0 Å². The van der Waals surface area contributed by atoms with Gasteiger partial charge in [-0.25, -0.2) is 12.8 Å². The SMILES string of the molecule is CNC(=O)c1c(-c2ccc(F)cc2)oc2cc(N(C)S(C)(=O)=O)c(-c3ccc4c(c3)-c3cc5ccccc5n3C(C3CC3)O4)cc12.